The third-order valence-electron chi connectivity index (χ3n) is 13.3. The molecule has 5 rings (SSSR count). The first-order valence-corrected chi connectivity index (χ1v) is 18.0. The summed E-state index contributed by atoms with van der Waals surface area (Å²) in [4.78, 5) is 41.8. The molecule has 1 aromatic carbocycles. The highest BCUT2D eigenvalue weighted by Crippen LogP contribution is 2.74. The van der Waals surface area contributed by atoms with Gasteiger partial charge in [0.25, 0.3) is 5.09 Å². The quantitative estimate of drug-likeness (QED) is 0.0670. The van der Waals surface area contributed by atoms with Crippen molar-refractivity contribution in [3.8, 4) is 5.75 Å². The highest BCUT2D eigenvalue weighted by atomic mass is 16.9. The largest absolute Gasteiger partial charge is 0.458 e. The van der Waals surface area contributed by atoms with E-state index in [4.69, 9.17) is 9.47 Å². The third-order valence-corrected chi connectivity index (χ3v) is 13.3. The SMILES string of the molecule is CC(=O)O[C@H]1C[C@@]2(C)[C@@H](C[C@@H](O)[C@H]3[C@@]4(C)CC[C@@H](O)[C@@H](C)[C@@H]4CC[C@@]32C)/C1=C(\CCC=C(C)C)C(=O)Oc1ccc(CCO[N+](=O)[O-])cc1. The third kappa shape index (κ3) is 6.92. The number of esters is 2. The van der Waals surface area contributed by atoms with Crippen LogP contribution in [0.3, 0.4) is 0 Å². The summed E-state index contributed by atoms with van der Waals surface area (Å²) in [6.07, 6.45) is 6.30. The van der Waals surface area contributed by atoms with Crippen LogP contribution in [-0.4, -0.2) is 52.2 Å². The van der Waals surface area contributed by atoms with Gasteiger partial charge in [0.05, 0.1) is 12.2 Å². The molecule has 4 aliphatic carbocycles. The van der Waals surface area contributed by atoms with Gasteiger partial charge in [-0.05, 0) is 135 Å². The van der Waals surface area contributed by atoms with Crippen molar-refractivity contribution in [3.63, 3.8) is 0 Å². The van der Waals surface area contributed by atoms with Crippen LogP contribution in [0.2, 0.25) is 0 Å². The number of benzene rings is 1. The molecule has 4 fully saturated rings. The first-order chi connectivity index (χ1) is 23.0. The maximum atomic E-state index is 14.2. The summed E-state index contributed by atoms with van der Waals surface area (Å²) >= 11 is 0. The average molecular weight is 682 g/mol. The van der Waals surface area contributed by atoms with E-state index in [9.17, 15) is 29.9 Å². The monoisotopic (exact) mass is 681 g/mol. The minimum atomic E-state index is -0.823. The van der Waals surface area contributed by atoms with Crippen LogP contribution in [0, 0.1) is 50.0 Å². The van der Waals surface area contributed by atoms with Crippen molar-refractivity contribution < 1.29 is 39.2 Å². The first kappa shape index (κ1) is 37.0. The smallest absolute Gasteiger partial charge is 0.339 e. The van der Waals surface area contributed by atoms with E-state index in [1.807, 2.05) is 13.8 Å². The van der Waals surface area contributed by atoms with Crippen molar-refractivity contribution in [3.05, 3.63) is 62.7 Å². The fourth-order valence-corrected chi connectivity index (χ4v) is 10.9. The van der Waals surface area contributed by atoms with Gasteiger partial charge in [0.15, 0.2) is 0 Å². The Kier molecular flexibility index (Phi) is 10.7. The van der Waals surface area contributed by atoms with Gasteiger partial charge < -0.3 is 24.5 Å². The molecule has 10 heteroatoms. The Morgan fingerprint density at radius 3 is 2.35 bits per heavy atom. The molecule has 0 spiro atoms. The van der Waals surface area contributed by atoms with Crippen molar-refractivity contribution in [2.75, 3.05) is 6.61 Å². The number of aliphatic hydroxyl groups is 2. The Morgan fingerprint density at radius 2 is 1.71 bits per heavy atom. The Bertz CT molecular complexity index is 1480. The maximum Gasteiger partial charge on any atom is 0.339 e. The summed E-state index contributed by atoms with van der Waals surface area (Å²) in [6, 6.07) is 6.82. The van der Waals surface area contributed by atoms with Crippen LogP contribution in [0.25, 0.3) is 0 Å². The molecule has 0 heterocycles. The molecular formula is C39H55NO9. The molecule has 0 radical (unpaired) electrons. The summed E-state index contributed by atoms with van der Waals surface area (Å²) in [5, 5.41) is 32.7. The molecule has 2 N–H and O–H groups in total. The molecule has 4 saturated carbocycles. The lowest BCUT2D eigenvalue weighted by Crippen LogP contribution is -2.65. The predicted octanol–water partition coefficient (Wildman–Crippen LogP) is 6.94. The fourth-order valence-electron chi connectivity index (χ4n) is 10.9. The number of hydrogen-bond donors (Lipinski definition) is 2. The molecule has 1 aromatic rings. The maximum absolute atomic E-state index is 14.2. The van der Waals surface area contributed by atoms with Crippen molar-refractivity contribution in [1.29, 1.82) is 0 Å². The average Bonchev–Trinajstić information content (AvgIpc) is 3.29. The topological polar surface area (TPSA) is 145 Å². The van der Waals surface area contributed by atoms with Gasteiger partial charge in [-0.25, -0.2) is 4.79 Å². The van der Waals surface area contributed by atoms with E-state index in [0.717, 1.165) is 42.4 Å². The summed E-state index contributed by atoms with van der Waals surface area (Å²) in [7, 11) is 0. The summed E-state index contributed by atoms with van der Waals surface area (Å²) < 4.78 is 12.1. The Morgan fingerprint density at radius 1 is 1.02 bits per heavy atom. The van der Waals surface area contributed by atoms with E-state index < -0.39 is 29.2 Å². The van der Waals surface area contributed by atoms with Crippen LogP contribution in [0.1, 0.15) is 105 Å². The van der Waals surface area contributed by atoms with Gasteiger partial charge in [0, 0.05) is 12.5 Å². The first-order valence-electron chi connectivity index (χ1n) is 18.0. The zero-order valence-electron chi connectivity index (χ0n) is 30.2. The van der Waals surface area contributed by atoms with E-state index in [0.29, 0.717) is 49.3 Å². The predicted molar refractivity (Wildman–Crippen MR) is 184 cm³/mol. The van der Waals surface area contributed by atoms with Gasteiger partial charge in [-0.1, -0.05) is 51.5 Å². The zero-order chi connectivity index (χ0) is 35.9. The second-order valence-corrected chi connectivity index (χ2v) is 16.2. The normalized spacial score (nSPS) is 37.5. The molecular weight excluding hydrogens is 626 g/mol. The number of carbonyl (C=O) groups excluding carboxylic acids is 2. The Labute approximate surface area is 290 Å². The van der Waals surface area contributed by atoms with Gasteiger partial charge in [0.2, 0.25) is 0 Å². The van der Waals surface area contributed by atoms with Crippen LogP contribution in [0.4, 0.5) is 0 Å². The number of carbonyl (C=O) groups is 2. The van der Waals surface area contributed by atoms with E-state index in [1.54, 1.807) is 24.3 Å². The van der Waals surface area contributed by atoms with Gasteiger partial charge >= 0.3 is 11.9 Å². The number of aliphatic hydroxyl groups excluding tert-OH is 2. The molecule has 0 saturated heterocycles. The Balaban J connectivity index is 1.53. The molecule has 0 unspecified atom stereocenters. The van der Waals surface area contributed by atoms with Gasteiger partial charge in [-0.3, -0.25) is 4.79 Å². The van der Waals surface area contributed by atoms with E-state index >= 15 is 0 Å². The molecule has 0 aliphatic heterocycles. The highest BCUT2D eigenvalue weighted by Gasteiger charge is 2.70. The molecule has 0 aromatic heterocycles. The number of allylic oxidation sites excluding steroid dienone is 2. The van der Waals surface area contributed by atoms with Crippen LogP contribution < -0.4 is 4.74 Å². The Hall–Kier alpha value is -3.24. The summed E-state index contributed by atoms with van der Waals surface area (Å²) in [5.74, 6) is -0.299. The lowest BCUT2D eigenvalue weighted by molar-refractivity contribution is -0.757. The van der Waals surface area contributed by atoms with Gasteiger partial charge in [0.1, 0.15) is 18.5 Å². The number of hydrogen-bond acceptors (Lipinski definition) is 9. The standard InChI is InChI=1S/C39H55NO9/c1-23(2)9-8-10-28(36(44)49-27-13-11-26(12-14-27)17-20-47-40(45)46)34-30-21-32(43)35-37(5)18-16-31(42)24(3)29(37)15-19-38(35,6)39(30,7)22-33(34)48-25(4)41/h9,11-14,24,29-33,35,42-43H,8,10,15-22H2,1-7H3/b34-28-/t24-,29-,30-,31+,32+,33-,35-,37-,38-,39-/m0/s1. The van der Waals surface area contributed by atoms with E-state index in [2.05, 4.69) is 38.6 Å². The zero-order valence-corrected chi connectivity index (χ0v) is 30.2. The molecule has 4 aliphatic rings. The molecule has 0 bridgehead atoms. The summed E-state index contributed by atoms with van der Waals surface area (Å²) in [6.45, 7) is 14.4. The van der Waals surface area contributed by atoms with Crippen LogP contribution in [0.15, 0.2) is 47.1 Å². The lowest BCUT2D eigenvalue weighted by atomic mass is 9.36. The second-order valence-electron chi connectivity index (χ2n) is 16.2. The molecule has 0 amide bonds. The van der Waals surface area contributed by atoms with Gasteiger partial charge in [-0.2, -0.15) is 0 Å². The van der Waals surface area contributed by atoms with Crippen LogP contribution in [-0.2, 0) is 25.6 Å². The molecule has 49 heavy (non-hydrogen) atoms. The van der Waals surface area contributed by atoms with Crippen molar-refractivity contribution in [1.82, 2.24) is 0 Å². The second kappa shape index (κ2) is 14.2. The van der Waals surface area contributed by atoms with E-state index in [-0.39, 0.29) is 46.7 Å². The number of fused-ring (bicyclic) bond motifs is 5. The minimum absolute atomic E-state index is 0.00243. The molecule has 270 valence electrons. The van der Waals surface area contributed by atoms with Crippen molar-refractivity contribution in [2.24, 2.45) is 39.9 Å². The fraction of sp³-hybridized carbons (Fsp3) is 0.692. The molecule has 10 nitrogen and oxygen atoms in total. The summed E-state index contributed by atoms with van der Waals surface area (Å²) in [5.41, 5.74) is 2.38. The lowest BCUT2D eigenvalue weighted by Gasteiger charge is -2.69. The minimum Gasteiger partial charge on any atom is -0.458 e. The van der Waals surface area contributed by atoms with E-state index in [1.165, 1.54) is 6.92 Å². The van der Waals surface area contributed by atoms with Crippen LogP contribution >= 0.6 is 0 Å². The van der Waals surface area contributed by atoms with Crippen LogP contribution in [0.5, 0.6) is 5.75 Å². The number of rotatable bonds is 10. The number of ether oxygens (including phenoxy) is 2. The van der Waals surface area contributed by atoms with Crippen molar-refractivity contribution >= 4 is 11.9 Å². The highest BCUT2D eigenvalue weighted by molar-refractivity contribution is 5.91. The van der Waals surface area contributed by atoms with Gasteiger partial charge in [-0.15, -0.1) is 10.1 Å². The molecule has 10 atom stereocenters. The number of nitrogens with zero attached hydrogens (tertiary/aromatic N) is 1. The van der Waals surface area contributed by atoms with Crippen molar-refractivity contribution in [2.45, 2.75) is 125 Å².